The van der Waals surface area contributed by atoms with Crippen molar-refractivity contribution < 1.29 is 5.11 Å². The van der Waals surface area contributed by atoms with Gasteiger partial charge in [0, 0.05) is 0 Å². The Morgan fingerprint density at radius 1 is 1.00 bits per heavy atom. The van der Waals surface area contributed by atoms with E-state index in [1.165, 1.54) is 32.1 Å². The average Bonchev–Trinajstić information content (AvgIpc) is 2.30. The number of hydrogen-bond donors (Lipinski definition) is 1. The van der Waals surface area contributed by atoms with Gasteiger partial charge in [-0.1, -0.05) is 49.6 Å². The van der Waals surface area contributed by atoms with Crippen LogP contribution < -0.4 is 0 Å². The van der Waals surface area contributed by atoms with Crippen molar-refractivity contribution in [2.45, 2.75) is 38.2 Å². The lowest BCUT2D eigenvalue weighted by Gasteiger charge is -2.26. The van der Waals surface area contributed by atoms with Gasteiger partial charge in [-0.15, -0.1) is 0 Å². The lowest BCUT2D eigenvalue weighted by molar-refractivity contribution is 0.0848. The highest BCUT2D eigenvalue weighted by Gasteiger charge is 2.22. The van der Waals surface area contributed by atoms with Gasteiger partial charge in [0.15, 0.2) is 0 Å². The van der Waals surface area contributed by atoms with E-state index in [-0.39, 0.29) is 6.10 Å². The van der Waals surface area contributed by atoms with Gasteiger partial charge in [0.25, 0.3) is 0 Å². The van der Waals surface area contributed by atoms with Crippen LogP contribution in [-0.4, -0.2) is 5.11 Å². The zero-order valence-corrected chi connectivity index (χ0v) is 8.52. The highest BCUT2D eigenvalue weighted by atomic mass is 16.3. The lowest BCUT2D eigenvalue weighted by atomic mass is 9.83. The topological polar surface area (TPSA) is 20.2 Å². The van der Waals surface area contributed by atoms with Gasteiger partial charge in [-0.2, -0.15) is 0 Å². The smallest absolute Gasteiger partial charge is 0.0818 e. The molecule has 1 aromatic carbocycles. The Kier molecular flexibility index (Phi) is 3.20. The first-order chi connectivity index (χ1) is 6.88. The Morgan fingerprint density at radius 3 is 2.29 bits per heavy atom. The summed E-state index contributed by atoms with van der Waals surface area (Å²) >= 11 is 0. The monoisotopic (exact) mass is 190 g/mol. The van der Waals surface area contributed by atoms with Gasteiger partial charge >= 0.3 is 0 Å². The van der Waals surface area contributed by atoms with Crippen molar-refractivity contribution in [1.29, 1.82) is 0 Å². The molecular weight excluding hydrogens is 172 g/mol. The molecule has 1 fully saturated rings. The highest BCUT2D eigenvalue weighted by Crippen LogP contribution is 2.33. The predicted molar refractivity (Wildman–Crippen MR) is 58.0 cm³/mol. The molecule has 2 rings (SSSR count). The minimum Gasteiger partial charge on any atom is -0.388 e. The number of aliphatic hydroxyl groups excluding tert-OH is 1. The molecule has 0 aliphatic heterocycles. The molecule has 1 atom stereocenters. The zero-order chi connectivity index (χ0) is 9.80. The van der Waals surface area contributed by atoms with E-state index in [2.05, 4.69) is 0 Å². The minimum atomic E-state index is -0.239. The third-order valence-corrected chi connectivity index (χ3v) is 3.24. The lowest BCUT2D eigenvalue weighted by Crippen LogP contribution is -2.15. The normalized spacial score (nSPS) is 20.6. The molecule has 1 N–H and O–H groups in total. The Bertz CT molecular complexity index is 262. The van der Waals surface area contributed by atoms with E-state index in [4.69, 9.17) is 0 Å². The predicted octanol–water partition coefficient (Wildman–Crippen LogP) is 3.30. The average molecular weight is 190 g/mol. The fraction of sp³-hybridized carbons (Fsp3) is 0.538. The molecule has 0 bridgehead atoms. The number of rotatable bonds is 2. The quantitative estimate of drug-likeness (QED) is 0.758. The third kappa shape index (κ3) is 2.16. The largest absolute Gasteiger partial charge is 0.388 e. The maximum atomic E-state index is 10.1. The van der Waals surface area contributed by atoms with Crippen LogP contribution in [0.2, 0.25) is 0 Å². The summed E-state index contributed by atoms with van der Waals surface area (Å²) in [6, 6.07) is 10.1. The summed E-state index contributed by atoms with van der Waals surface area (Å²) in [6.45, 7) is 0. The first-order valence-electron chi connectivity index (χ1n) is 5.61. The zero-order valence-electron chi connectivity index (χ0n) is 8.52. The third-order valence-electron chi connectivity index (χ3n) is 3.24. The van der Waals surface area contributed by atoms with Gasteiger partial charge in [0.05, 0.1) is 6.10 Å². The molecule has 1 aromatic rings. The Morgan fingerprint density at radius 2 is 1.64 bits per heavy atom. The van der Waals surface area contributed by atoms with E-state index in [1.807, 2.05) is 30.3 Å². The molecule has 14 heavy (non-hydrogen) atoms. The summed E-state index contributed by atoms with van der Waals surface area (Å²) in [5.41, 5.74) is 1.08. The van der Waals surface area contributed by atoms with Crippen LogP contribution in [-0.2, 0) is 0 Å². The molecule has 1 nitrogen and oxygen atoms in total. The van der Waals surface area contributed by atoms with Crippen LogP contribution in [0.4, 0.5) is 0 Å². The Labute approximate surface area is 85.8 Å². The fourth-order valence-corrected chi connectivity index (χ4v) is 2.37. The van der Waals surface area contributed by atoms with Crippen LogP contribution in [0.3, 0.4) is 0 Å². The summed E-state index contributed by atoms with van der Waals surface area (Å²) in [5.74, 6) is 0.492. The second-order valence-electron chi connectivity index (χ2n) is 4.25. The fourth-order valence-electron chi connectivity index (χ4n) is 2.37. The minimum absolute atomic E-state index is 0.239. The van der Waals surface area contributed by atoms with Crippen LogP contribution in [0.25, 0.3) is 0 Å². The molecule has 1 unspecified atom stereocenters. The van der Waals surface area contributed by atoms with Gasteiger partial charge in [-0.05, 0) is 24.3 Å². The second kappa shape index (κ2) is 4.61. The molecule has 0 heterocycles. The van der Waals surface area contributed by atoms with Crippen molar-refractivity contribution >= 4 is 0 Å². The van der Waals surface area contributed by atoms with E-state index in [0.29, 0.717) is 5.92 Å². The summed E-state index contributed by atoms with van der Waals surface area (Å²) in [7, 11) is 0. The van der Waals surface area contributed by atoms with E-state index in [9.17, 15) is 5.11 Å². The summed E-state index contributed by atoms with van der Waals surface area (Å²) in [4.78, 5) is 0. The first kappa shape index (κ1) is 9.72. The Balaban J connectivity index is 2.03. The number of hydrogen-bond acceptors (Lipinski definition) is 1. The van der Waals surface area contributed by atoms with Crippen molar-refractivity contribution in [3.8, 4) is 0 Å². The van der Waals surface area contributed by atoms with Crippen LogP contribution in [0, 0.1) is 5.92 Å². The molecule has 0 spiro atoms. The molecule has 1 aliphatic rings. The van der Waals surface area contributed by atoms with Crippen molar-refractivity contribution in [2.75, 3.05) is 0 Å². The van der Waals surface area contributed by atoms with Crippen molar-refractivity contribution in [3.63, 3.8) is 0 Å². The van der Waals surface area contributed by atoms with Crippen molar-refractivity contribution in [2.24, 2.45) is 5.92 Å². The summed E-state index contributed by atoms with van der Waals surface area (Å²) in [6.07, 6.45) is 6.06. The molecular formula is C13H18O. The van der Waals surface area contributed by atoms with Crippen LogP contribution in [0.1, 0.15) is 43.8 Å². The highest BCUT2D eigenvalue weighted by molar-refractivity contribution is 5.18. The van der Waals surface area contributed by atoms with Crippen molar-refractivity contribution in [3.05, 3.63) is 35.9 Å². The van der Waals surface area contributed by atoms with E-state index in [0.717, 1.165) is 5.56 Å². The second-order valence-corrected chi connectivity index (χ2v) is 4.25. The Hall–Kier alpha value is -0.820. The van der Waals surface area contributed by atoms with Crippen LogP contribution >= 0.6 is 0 Å². The van der Waals surface area contributed by atoms with Gasteiger partial charge in [0.1, 0.15) is 0 Å². The van der Waals surface area contributed by atoms with Crippen LogP contribution in [0.15, 0.2) is 30.3 Å². The molecule has 1 heteroatoms. The SMILES string of the molecule is OC(c1ccccc1)C1CCCCC1. The summed E-state index contributed by atoms with van der Waals surface area (Å²) in [5, 5.41) is 10.1. The van der Waals surface area contributed by atoms with Gasteiger partial charge in [0.2, 0.25) is 0 Å². The molecule has 0 amide bonds. The molecule has 1 aliphatic carbocycles. The number of aliphatic hydroxyl groups is 1. The van der Waals surface area contributed by atoms with E-state index in [1.54, 1.807) is 0 Å². The molecule has 1 saturated carbocycles. The van der Waals surface area contributed by atoms with Gasteiger partial charge < -0.3 is 5.11 Å². The van der Waals surface area contributed by atoms with E-state index < -0.39 is 0 Å². The molecule has 0 aromatic heterocycles. The van der Waals surface area contributed by atoms with Crippen molar-refractivity contribution in [1.82, 2.24) is 0 Å². The van der Waals surface area contributed by atoms with Crippen LogP contribution in [0.5, 0.6) is 0 Å². The number of benzene rings is 1. The molecule has 76 valence electrons. The maximum absolute atomic E-state index is 10.1. The first-order valence-corrected chi connectivity index (χ1v) is 5.61. The standard InChI is InChI=1S/C13H18O/c14-13(11-7-3-1-4-8-11)12-9-5-2-6-10-12/h1,3-4,7-8,12-14H,2,5-6,9-10H2. The maximum Gasteiger partial charge on any atom is 0.0818 e. The van der Waals surface area contributed by atoms with E-state index >= 15 is 0 Å². The summed E-state index contributed by atoms with van der Waals surface area (Å²) < 4.78 is 0. The molecule has 0 radical (unpaired) electrons. The van der Waals surface area contributed by atoms with Gasteiger partial charge in [-0.25, -0.2) is 0 Å². The van der Waals surface area contributed by atoms with Gasteiger partial charge in [-0.3, -0.25) is 0 Å². The molecule has 0 saturated heterocycles.